The van der Waals surface area contributed by atoms with Crippen LogP contribution in [0.2, 0.25) is 0 Å². The van der Waals surface area contributed by atoms with E-state index in [1.54, 1.807) is 22.7 Å². The van der Waals surface area contributed by atoms with E-state index in [0.717, 1.165) is 38.0 Å². The van der Waals surface area contributed by atoms with Crippen molar-refractivity contribution < 1.29 is 4.79 Å². The lowest BCUT2D eigenvalue weighted by atomic mass is 9.99. The van der Waals surface area contributed by atoms with E-state index in [4.69, 9.17) is 4.98 Å². The number of aryl methyl sites for hydroxylation is 1. The number of likely N-dealkylation sites (tertiary alicyclic amines) is 1. The lowest BCUT2D eigenvalue weighted by Crippen LogP contribution is -2.41. The summed E-state index contributed by atoms with van der Waals surface area (Å²) in [7, 11) is 0. The number of amides is 2. The summed E-state index contributed by atoms with van der Waals surface area (Å²) in [4.78, 5) is 24.7. The summed E-state index contributed by atoms with van der Waals surface area (Å²) in [6, 6.07) is -0.0441. The van der Waals surface area contributed by atoms with E-state index in [9.17, 15) is 4.79 Å². The molecule has 0 bridgehead atoms. The van der Waals surface area contributed by atoms with E-state index in [2.05, 4.69) is 36.5 Å². The molecule has 5 nitrogen and oxygen atoms in total. The fourth-order valence-corrected chi connectivity index (χ4v) is 4.67. The van der Waals surface area contributed by atoms with Crippen LogP contribution in [-0.4, -0.2) is 34.0 Å². The summed E-state index contributed by atoms with van der Waals surface area (Å²) >= 11 is 3.28. The number of hydrogen-bond donors (Lipinski definition) is 1. The van der Waals surface area contributed by atoms with Gasteiger partial charge < -0.3 is 4.90 Å². The third kappa shape index (κ3) is 3.95. The number of piperidine rings is 1. The summed E-state index contributed by atoms with van der Waals surface area (Å²) in [5, 5.41) is 6.95. The van der Waals surface area contributed by atoms with Gasteiger partial charge in [0, 0.05) is 35.5 Å². The van der Waals surface area contributed by atoms with Crippen molar-refractivity contribution >= 4 is 33.8 Å². The minimum Gasteiger partial charge on any atom is -0.324 e. The Morgan fingerprint density at radius 2 is 2.33 bits per heavy atom. The normalized spacial score (nSPS) is 18.2. The van der Waals surface area contributed by atoms with Gasteiger partial charge in [-0.2, -0.15) is 0 Å². The molecule has 1 atom stereocenters. The first-order valence-electron chi connectivity index (χ1n) is 8.52. The molecule has 1 saturated heterocycles. The molecule has 130 valence electrons. The summed E-state index contributed by atoms with van der Waals surface area (Å²) in [6.45, 7) is 7.96. The molecule has 2 amide bonds. The van der Waals surface area contributed by atoms with E-state index >= 15 is 0 Å². The molecular weight excluding hydrogens is 340 g/mol. The molecule has 1 unspecified atom stereocenters. The zero-order chi connectivity index (χ0) is 17.1. The number of hydrogen-bond acceptors (Lipinski definition) is 5. The number of anilines is 1. The minimum absolute atomic E-state index is 0.0441. The van der Waals surface area contributed by atoms with E-state index in [-0.39, 0.29) is 6.03 Å². The van der Waals surface area contributed by atoms with Crippen LogP contribution in [0.3, 0.4) is 0 Å². The Labute approximate surface area is 151 Å². The number of carbonyl (C=O) groups is 1. The molecule has 24 heavy (non-hydrogen) atoms. The first kappa shape index (κ1) is 17.4. The largest absolute Gasteiger partial charge is 0.324 e. The van der Waals surface area contributed by atoms with Gasteiger partial charge >= 0.3 is 6.03 Å². The third-order valence-corrected chi connectivity index (χ3v) is 6.39. The smallest absolute Gasteiger partial charge is 0.323 e. The zero-order valence-corrected chi connectivity index (χ0v) is 16.0. The topological polar surface area (TPSA) is 58.1 Å². The van der Waals surface area contributed by atoms with Crippen molar-refractivity contribution in [3.8, 4) is 0 Å². The lowest BCUT2D eigenvalue weighted by molar-refractivity contribution is 0.192. The predicted molar refractivity (Wildman–Crippen MR) is 100 cm³/mol. The predicted octanol–water partition coefficient (Wildman–Crippen LogP) is 4.70. The average Bonchev–Trinajstić information content (AvgIpc) is 3.24. The van der Waals surface area contributed by atoms with E-state index in [0.29, 0.717) is 17.0 Å². The van der Waals surface area contributed by atoms with Crippen molar-refractivity contribution in [2.75, 3.05) is 18.4 Å². The fourth-order valence-electron chi connectivity index (χ4n) is 2.82. The molecule has 0 aromatic carbocycles. The Morgan fingerprint density at radius 3 is 3.00 bits per heavy atom. The van der Waals surface area contributed by atoms with Crippen LogP contribution >= 0.6 is 22.7 Å². The van der Waals surface area contributed by atoms with Gasteiger partial charge in [0.15, 0.2) is 5.13 Å². The Balaban J connectivity index is 1.62. The van der Waals surface area contributed by atoms with Crippen LogP contribution in [0.4, 0.5) is 9.93 Å². The van der Waals surface area contributed by atoms with Gasteiger partial charge in [0.05, 0.1) is 10.7 Å². The van der Waals surface area contributed by atoms with Crippen molar-refractivity contribution in [2.24, 2.45) is 0 Å². The molecule has 1 aliphatic heterocycles. The number of nitrogens with one attached hydrogen (secondary N) is 1. The van der Waals surface area contributed by atoms with Gasteiger partial charge in [-0.25, -0.2) is 14.8 Å². The second-order valence-electron chi connectivity index (χ2n) is 6.47. The number of carbonyl (C=O) groups excluding carboxylic acids is 1. The Hall–Kier alpha value is -1.47. The van der Waals surface area contributed by atoms with Gasteiger partial charge in [0.25, 0.3) is 0 Å². The number of rotatable bonds is 4. The summed E-state index contributed by atoms with van der Waals surface area (Å²) < 4.78 is 0. The van der Waals surface area contributed by atoms with Crippen molar-refractivity contribution in [2.45, 2.75) is 51.9 Å². The molecule has 3 rings (SSSR count). The fraction of sp³-hybridized carbons (Fsp3) is 0.588. The molecule has 2 aromatic rings. The molecule has 1 aliphatic rings. The highest BCUT2D eigenvalue weighted by molar-refractivity contribution is 7.15. The molecule has 1 fully saturated rings. The van der Waals surface area contributed by atoms with Crippen LogP contribution in [-0.2, 0) is 6.42 Å². The van der Waals surface area contributed by atoms with Crippen LogP contribution in [0.1, 0.15) is 61.0 Å². The van der Waals surface area contributed by atoms with Crippen molar-refractivity contribution in [3.63, 3.8) is 0 Å². The van der Waals surface area contributed by atoms with Gasteiger partial charge in [0.2, 0.25) is 0 Å². The number of nitrogens with zero attached hydrogens (tertiary/aromatic N) is 3. The van der Waals surface area contributed by atoms with Gasteiger partial charge in [-0.05, 0) is 25.2 Å². The highest BCUT2D eigenvalue weighted by atomic mass is 32.1. The van der Waals surface area contributed by atoms with Crippen LogP contribution in [0, 0.1) is 0 Å². The third-order valence-electron chi connectivity index (χ3n) is 4.30. The molecule has 1 N–H and O–H groups in total. The summed E-state index contributed by atoms with van der Waals surface area (Å²) in [5.74, 6) is 0.806. The monoisotopic (exact) mass is 364 g/mol. The minimum atomic E-state index is -0.0441. The first-order valence-corrected chi connectivity index (χ1v) is 10.2. The van der Waals surface area contributed by atoms with Crippen LogP contribution in [0.5, 0.6) is 0 Å². The molecule has 0 saturated carbocycles. The van der Waals surface area contributed by atoms with Crippen LogP contribution < -0.4 is 5.32 Å². The molecule has 7 heteroatoms. The van der Waals surface area contributed by atoms with Crippen molar-refractivity contribution in [1.82, 2.24) is 14.9 Å². The van der Waals surface area contributed by atoms with Crippen LogP contribution in [0.15, 0.2) is 11.6 Å². The average molecular weight is 365 g/mol. The second-order valence-corrected chi connectivity index (χ2v) is 8.47. The van der Waals surface area contributed by atoms with E-state index in [1.807, 2.05) is 11.1 Å². The Bertz CT molecular complexity index is 694. The maximum absolute atomic E-state index is 12.5. The SMILES string of the molecule is CCc1cnc(NC(=O)N2CCCC(c3nc(C(C)C)cs3)C2)s1. The maximum Gasteiger partial charge on any atom is 0.323 e. The quantitative estimate of drug-likeness (QED) is 0.856. The molecule has 0 spiro atoms. The number of thiazole rings is 2. The maximum atomic E-state index is 12.5. The van der Waals surface area contributed by atoms with Gasteiger partial charge in [0.1, 0.15) is 0 Å². The van der Waals surface area contributed by atoms with Gasteiger partial charge in [-0.15, -0.1) is 22.7 Å². The number of urea groups is 1. The van der Waals surface area contributed by atoms with Crippen molar-refractivity contribution in [1.29, 1.82) is 0 Å². The Kier molecular flexibility index (Phi) is 5.50. The number of aromatic nitrogens is 2. The lowest BCUT2D eigenvalue weighted by Gasteiger charge is -2.31. The zero-order valence-electron chi connectivity index (χ0n) is 14.4. The summed E-state index contributed by atoms with van der Waals surface area (Å²) in [5.41, 5.74) is 1.16. The van der Waals surface area contributed by atoms with Gasteiger partial charge in [-0.3, -0.25) is 5.32 Å². The van der Waals surface area contributed by atoms with Gasteiger partial charge in [-0.1, -0.05) is 20.8 Å². The molecule has 3 heterocycles. The van der Waals surface area contributed by atoms with Crippen LogP contribution in [0.25, 0.3) is 0 Å². The van der Waals surface area contributed by atoms with E-state index < -0.39 is 0 Å². The second kappa shape index (κ2) is 7.61. The highest BCUT2D eigenvalue weighted by Crippen LogP contribution is 2.31. The molecular formula is C17H24N4OS2. The molecule has 0 aliphatic carbocycles. The highest BCUT2D eigenvalue weighted by Gasteiger charge is 2.27. The summed E-state index contributed by atoms with van der Waals surface area (Å²) in [6.07, 6.45) is 4.91. The molecule has 0 radical (unpaired) electrons. The van der Waals surface area contributed by atoms with Crippen molar-refractivity contribution in [3.05, 3.63) is 27.2 Å². The molecule has 2 aromatic heterocycles. The standard InChI is InChI=1S/C17H24N4OS2/c1-4-13-8-18-16(24-13)20-17(22)21-7-5-6-12(9-21)15-19-14(10-23-15)11(2)3/h8,10-12H,4-7,9H2,1-3H3,(H,18,20,22). The van der Waals surface area contributed by atoms with E-state index in [1.165, 1.54) is 9.88 Å². The Morgan fingerprint density at radius 1 is 1.50 bits per heavy atom. The first-order chi connectivity index (χ1) is 11.6.